The number of amides is 1. The molecular formula is C16H24N2O. The van der Waals surface area contributed by atoms with Gasteiger partial charge in [0.05, 0.1) is 5.69 Å². The van der Waals surface area contributed by atoms with Gasteiger partial charge in [-0.3, -0.25) is 4.79 Å². The molecule has 0 unspecified atom stereocenters. The average molecular weight is 260 g/mol. The summed E-state index contributed by atoms with van der Waals surface area (Å²) in [5.74, 6) is 0.275. The third-order valence-corrected chi connectivity index (χ3v) is 3.79. The second kappa shape index (κ2) is 6.71. The van der Waals surface area contributed by atoms with Gasteiger partial charge in [0.2, 0.25) is 5.91 Å². The fraction of sp³-hybridized carbons (Fsp3) is 0.562. The Morgan fingerprint density at radius 2 is 1.84 bits per heavy atom. The first-order valence-electron chi connectivity index (χ1n) is 7.39. The summed E-state index contributed by atoms with van der Waals surface area (Å²) in [6.07, 6.45) is 3.53. The molecule has 0 spiro atoms. The number of para-hydroxylation sites is 1. The van der Waals surface area contributed by atoms with Crippen LogP contribution in [0.2, 0.25) is 0 Å². The fourth-order valence-corrected chi connectivity index (χ4v) is 2.74. The zero-order valence-electron chi connectivity index (χ0n) is 12.0. The second-order valence-corrected chi connectivity index (χ2v) is 5.03. The van der Waals surface area contributed by atoms with Crippen LogP contribution in [-0.2, 0) is 17.6 Å². The van der Waals surface area contributed by atoms with Crippen molar-refractivity contribution in [2.75, 3.05) is 24.5 Å². The number of anilines is 1. The van der Waals surface area contributed by atoms with E-state index in [0.29, 0.717) is 6.42 Å². The van der Waals surface area contributed by atoms with Crippen LogP contribution in [0.1, 0.15) is 37.8 Å². The maximum absolute atomic E-state index is 12.4. The predicted octanol–water partition coefficient (Wildman–Crippen LogP) is 2.53. The summed E-state index contributed by atoms with van der Waals surface area (Å²) in [5.41, 5.74) is 3.74. The average Bonchev–Trinajstić information content (AvgIpc) is 2.43. The van der Waals surface area contributed by atoms with E-state index in [-0.39, 0.29) is 5.91 Å². The third-order valence-electron chi connectivity index (χ3n) is 3.79. The summed E-state index contributed by atoms with van der Waals surface area (Å²) >= 11 is 0. The van der Waals surface area contributed by atoms with Crippen molar-refractivity contribution in [1.82, 2.24) is 5.32 Å². The number of carbonyl (C=O) groups excluding carboxylic acids is 1. The van der Waals surface area contributed by atoms with Gasteiger partial charge in [0, 0.05) is 19.5 Å². The van der Waals surface area contributed by atoms with Crippen molar-refractivity contribution in [1.29, 1.82) is 0 Å². The number of aryl methyl sites for hydroxylation is 2. The topological polar surface area (TPSA) is 32.3 Å². The smallest absolute Gasteiger partial charge is 0.227 e. The van der Waals surface area contributed by atoms with E-state index in [1.165, 1.54) is 16.8 Å². The Labute approximate surface area is 116 Å². The van der Waals surface area contributed by atoms with Gasteiger partial charge >= 0.3 is 0 Å². The first-order chi connectivity index (χ1) is 9.27. The van der Waals surface area contributed by atoms with E-state index in [4.69, 9.17) is 0 Å². The van der Waals surface area contributed by atoms with E-state index >= 15 is 0 Å². The molecule has 1 aromatic carbocycles. The Bertz CT molecular complexity index is 420. The van der Waals surface area contributed by atoms with Gasteiger partial charge in [0.15, 0.2) is 0 Å². The van der Waals surface area contributed by atoms with Crippen molar-refractivity contribution in [3.05, 3.63) is 29.3 Å². The maximum Gasteiger partial charge on any atom is 0.227 e. The van der Waals surface area contributed by atoms with E-state index in [1.54, 1.807) is 0 Å². The summed E-state index contributed by atoms with van der Waals surface area (Å²) in [6.45, 7) is 6.93. The van der Waals surface area contributed by atoms with Crippen LogP contribution in [0, 0.1) is 0 Å². The van der Waals surface area contributed by atoms with Crippen LogP contribution in [0.25, 0.3) is 0 Å². The number of nitrogens with zero attached hydrogens (tertiary/aromatic N) is 1. The number of hydrogen-bond donors (Lipinski definition) is 1. The minimum Gasteiger partial charge on any atom is -0.315 e. The Morgan fingerprint density at radius 3 is 2.47 bits per heavy atom. The molecule has 1 amide bonds. The van der Waals surface area contributed by atoms with Crippen LogP contribution in [0.4, 0.5) is 5.69 Å². The lowest BCUT2D eigenvalue weighted by Gasteiger charge is -2.29. The van der Waals surface area contributed by atoms with Gasteiger partial charge in [-0.2, -0.15) is 0 Å². The standard InChI is InChI=1S/C16H24N2O/c1-3-13-7-5-8-14(4-2)16(13)18-12-11-17-10-6-9-15(18)19/h5,7-8,17H,3-4,6,9-12H2,1-2H3. The fourth-order valence-electron chi connectivity index (χ4n) is 2.74. The van der Waals surface area contributed by atoms with Gasteiger partial charge in [-0.25, -0.2) is 0 Å². The monoisotopic (exact) mass is 260 g/mol. The third kappa shape index (κ3) is 3.16. The molecule has 0 aliphatic carbocycles. The molecular weight excluding hydrogens is 236 g/mol. The van der Waals surface area contributed by atoms with Crippen LogP contribution < -0.4 is 10.2 Å². The molecule has 0 bridgehead atoms. The number of benzene rings is 1. The van der Waals surface area contributed by atoms with Gasteiger partial charge in [-0.1, -0.05) is 32.0 Å². The highest BCUT2D eigenvalue weighted by Gasteiger charge is 2.21. The van der Waals surface area contributed by atoms with Crippen molar-refractivity contribution < 1.29 is 4.79 Å². The second-order valence-electron chi connectivity index (χ2n) is 5.03. The normalized spacial score (nSPS) is 17.2. The molecule has 1 fully saturated rings. The Hall–Kier alpha value is -1.35. The van der Waals surface area contributed by atoms with Gasteiger partial charge in [-0.05, 0) is 36.9 Å². The highest BCUT2D eigenvalue weighted by atomic mass is 16.2. The molecule has 1 aliphatic rings. The molecule has 0 atom stereocenters. The first kappa shape index (κ1) is 14.1. The summed E-state index contributed by atoms with van der Waals surface area (Å²) in [6, 6.07) is 6.40. The SMILES string of the molecule is CCc1cccc(CC)c1N1CCNCCCC1=O. The van der Waals surface area contributed by atoms with Crippen molar-refractivity contribution in [3.8, 4) is 0 Å². The molecule has 2 rings (SSSR count). The van der Waals surface area contributed by atoms with E-state index in [0.717, 1.165) is 38.9 Å². The van der Waals surface area contributed by atoms with Crippen LogP contribution in [0.3, 0.4) is 0 Å². The lowest BCUT2D eigenvalue weighted by molar-refractivity contribution is -0.118. The number of rotatable bonds is 3. The lowest BCUT2D eigenvalue weighted by Crippen LogP contribution is -2.40. The molecule has 1 heterocycles. The van der Waals surface area contributed by atoms with Crippen LogP contribution >= 0.6 is 0 Å². The summed E-state index contributed by atoms with van der Waals surface area (Å²) in [7, 11) is 0. The van der Waals surface area contributed by atoms with Crippen LogP contribution in [0.5, 0.6) is 0 Å². The van der Waals surface area contributed by atoms with E-state index in [2.05, 4.69) is 37.4 Å². The van der Waals surface area contributed by atoms with Gasteiger partial charge < -0.3 is 10.2 Å². The van der Waals surface area contributed by atoms with Crippen molar-refractivity contribution in [2.45, 2.75) is 39.5 Å². The van der Waals surface area contributed by atoms with Crippen LogP contribution in [-0.4, -0.2) is 25.5 Å². The van der Waals surface area contributed by atoms with Gasteiger partial charge in [-0.15, -0.1) is 0 Å². The molecule has 0 radical (unpaired) electrons. The van der Waals surface area contributed by atoms with Crippen molar-refractivity contribution >= 4 is 11.6 Å². The number of carbonyl (C=O) groups is 1. The number of hydrogen-bond acceptors (Lipinski definition) is 2. The molecule has 1 N–H and O–H groups in total. The minimum absolute atomic E-state index is 0.275. The molecule has 1 aliphatic heterocycles. The van der Waals surface area contributed by atoms with Crippen LogP contribution in [0.15, 0.2) is 18.2 Å². The van der Waals surface area contributed by atoms with E-state index in [1.807, 2.05) is 4.90 Å². The molecule has 3 nitrogen and oxygen atoms in total. The summed E-state index contributed by atoms with van der Waals surface area (Å²) in [5, 5.41) is 3.39. The van der Waals surface area contributed by atoms with Crippen molar-refractivity contribution in [2.24, 2.45) is 0 Å². The Kier molecular flexibility index (Phi) is 4.97. The van der Waals surface area contributed by atoms with Gasteiger partial charge in [0.1, 0.15) is 0 Å². The highest BCUT2D eigenvalue weighted by molar-refractivity contribution is 5.95. The lowest BCUT2D eigenvalue weighted by atomic mass is 10.0. The molecule has 0 aromatic heterocycles. The zero-order valence-corrected chi connectivity index (χ0v) is 12.0. The number of nitrogens with one attached hydrogen (secondary N) is 1. The molecule has 3 heteroatoms. The molecule has 1 aromatic rings. The summed E-state index contributed by atoms with van der Waals surface area (Å²) in [4.78, 5) is 14.4. The predicted molar refractivity (Wildman–Crippen MR) is 79.7 cm³/mol. The first-order valence-corrected chi connectivity index (χ1v) is 7.39. The molecule has 0 saturated carbocycles. The van der Waals surface area contributed by atoms with Gasteiger partial charge in [0.25, 0.3) is 0 Å². The van der Waals surface area contributed by atoms with Crippen molar-refractivity contribution in [3.63, 3.8) is 0 Å². The molecule has 1 saturated heterocycles. The van der Waals surface area contributed by atoms with E-state index in [9.17, 15) is 4.79 Å². The minimum atomic E-state index is 0.275. The zero-order chi connectivity index (χ0) is 13.7. The molecule has 19 heavy (non-hydrogen) atoms. The Balaban J connectivity index is 2.39. The molecule has 104 valence electrons. The van der Waals surface area contributed by atoms with E-state index < -0.39 is 0 Å². The highest BCUT2D eigenvalue weighted by Crippen LogP contribution is 2.28. The quantitative estimate of drug-likeness (QED) is 0.905. The summed E-state index contributed by atoms with van der Waals surface area (Å²) < 4.78 is 0. The maximum atomic E-state index is 12.4. The largest absolute Gasteiger partial charge is 0.315 e. The Morgan fingerprint density at radius 1 is 1.16 bits per heavy atom.